The quantitative estimate of drug-likeness (QED) is 0.290. The Balaban J connectivity index is 0.000000436. The number of rotatable bonds is 12. The first kappa shape index (κ1) is 26.3. The van der Waals surface area contributed by atoms with E-state index in [2.05, 4.69) is 75.6 Å². The molecule has 29 heavy (non-hydrogen) atoms. The second-order valence-corrected chi connectivity index (χ2v) is 22.0. The van der Waals surface area contributed by atoms with E-state index in [4.69, 9.17) is 0 Å². The van der Waals surface area contributed by atoms with Crippen LogP contribution >= 0.6 is 0 Å². The molecule has 0 unspecified atom stereocenters. The van der Waals surface area contributed by atoms with Crippen LogP contribution in [0.4, 0.5) is 0 Å². The summed E-state index contributed by atoms with van der Waals surface area (Å²) in [4.78, 5) is 0. The first-order valence-electron chi connectivity index (χ1n) is 11.9. The Morgan fingerprint density at radius 2 is 1.34 bits per heavy atom. The van der Waals surface area contributed by atoms with Gasteiger partial charge in [0.05, 0.1) is 0 Å². The van der Waals surface area contributed by atoms with Crippen molar-refractivity contribution in [3.05, 3.63) is 30.7 Å². The molecule has 0 radical (unpaired) electrons. The van der Waals surface area contributed by atoms with Crippen LogP contribution in [0.25, 0.3) is 0 Å². The predicted octanol–water partition coefficient (Wildman–Crippen LogP) is 6.98. The van der Waals surface area contributed by atoms with E-state index < -0.39 is 18.4 Å². The summed E-state index contributed by atoms with van der Waals surface area (Å²) in [6.07, 6.45) is 14.1. The third-order valence-corrected chi connectivity index (χ3v) is 21.2. The molecular formula is C24H46N4Sn. The van der Waals surface area contributed by atoms with Crippen molar-refractivity contribution in [1.29, 1.82) is 0 Å². The molecule has 2 heterocycles. The van der Waals surface area contributed by atoms with Gasteiger partial charge in [0.2, 0.25) is 0 Å². The average molecular weight is 509 g/mol. The number of aromatic nitrogens is 4. The van der Waals surface area contributed by atoms with Gasteiger partial charge >= 0.3 is 137 Å². The second kappa shape index (κ2) is 14.3. The number of hydrogen-bond donors (Lipinski definition) is 0. The Morgan fingerprint density at radius 3 is 1.69 bits per heavy atom. The van der Waals surface area contributed by atoms with E-state index >= 15 is 0 Å². The summed E-state index contributed by atoms with van der Waals surface area (Å²) in [5.74, 6) is 0. The summed E-state index contributed by atoms with van der Waals surface area (Å²) < 4.78 is 10.6. The van der Waals surface area contributed by atoms with Gasteiger partial charge in [-0.05, 0) is 19.9 Å². The molecule has 0 saturated heterocycles. The van der Waals surface area contributed by atoms with E-state index in [1.54, 1.807) is 9.91 Å². The number of unbranched alkanes of at least 4 members (excludes halogenated alkanes) is 3. The topological polar surface area (TPSA) is 35.6 Å². The Morgan fingerprint density at radius 1 is 0.793 bits per heavy atom. The molecule has 0 aromatic carbocycles. The van der Waals surface area contributed by atoms with Gasteiger partial charge in [-0.1, -0.05) is 0 Å². The molecule has 2 aromatic rings. The van der Waals surface area contributed by atoms with E-state index in [1.165, 1.54) is 51.8 Å². The molecular weight excluding hydrogens is 463 g/mol. The third kappa shape index (κ3) is 8.47. The molecule has 0 bridgehead atoms. The van der Waals surface area contributed by atoms with Crippen LogP contribution < -0.4 is 3.71 Å². The fraction of sp³-hybridized carbons (Fsp3) is 0.750. The van der Waals surface area contributed by atoms with Crippen LogP contribution in [-0.2, 0) is 0 Å². The van der Waals surface area contributed by atoms with E-state index in [9.17, 15) is 0 Å². The molecule has 0 aliphatic carbocycles. The summed E-state index contributed by atoms with van der Waals surface area (Å²) in [6, 6.07) is 5.32. The Hall–Kier alpha value is -0.781. The first-order valence-corrected chi connectivity index (χ1v) is 19.4. The molecule has 0 N–H and O–H groups in total. The van der Waals surface area contributed by atoms with Gasteiger partial charge in [-0.2, -0.15) is 5.10 Å². The van der Waals surface area contributed by atoms with Crippen molar-refractivity contribution < 1.29 is 0 Å². The van der Waals surface area contributed by atoms with Gasteiger partial charge in [-0.15, -0.1) is 0 Å². The van der Waals surface area contributed by atoms with Crippen molar-refractivity contribution in [1.82, 2.24) is 19.6 Å². The number of hydrogen-bond acceptors (Lipinski definition) is 2. The Kier molecular flexibility index (Phi) is 12.9. The van der Waals surface area contributed by atoms with E-state index in [-0.39, 0.29) is 0 Å². The van der Waals surface area contributed by atoms with Gasteiger partial charge in [0.15, 0.2) is 0 Å². The standard InChI is InChI=1S/C6H10N2.C6H9N2.3C4H9.Sn/c2*1-6(2)8-5-3-4-7-8;3*1-3-4-2;/h3-6H,1-2H3;3-4,6H,1-2H3;3*1,3-4H2,2H3;. The van der Waals surface area contributed by atoms with Crippen molar-refractivity contribution in [3.63, 3.8) is 0 Å². The fourth-order valence-corrected chi connectivity index (χ4v) is 20.7. The summed E-state index contributed by atoms with van der Waals surface area (Å²) in [5, 5.41) is 8.71. The van der Waals surface area contributed by atoms with Crippen molar-refractivity contribution in [2.45, 2.75) is 112 Å². The van der Waals surface area contributed by atoms with Crippen molar-refractivity contribution in [2.75, 3.05) is 0 Å². The minimum atomic E-state index is -2.28. The van der Waals surface area contributed by atoms with Gasteiger partial charge in [-0.3, -0.25) is 4.68 Å². The summed E-state index contributed by atoms with van der Waals surface area (Å²) >= 11 is -2.28. The predicted molar refractivity (Wildman–Crippen MR) is 130 cm³/mol. The monoisotopic (exact) mass is 510 g/mol. The van der Waals surface area contributed by atoms with Crippen molar-refractivity contribution >= 4 is 22.1 Å². The van der Waals surface area contributed by atoms with Gasteiger partial charge in [0.1, 0.15) is 0 Å². The molecule has 2 aromatic heterocycles. The van der Waals surface area contributed by atoms with Gasteiger partial charge in [0.25, 0.3) is 0 Å². The zero-order valence-corrected chi connectivity index (χ0v) is 23.0. The van der Waals surface area contributed by atoms with Crippen LogP contribution in [0.5, 0.6) is 0 Å². The fourth-order valence-electron chi connectivity index (χ4n) is 4.04. The van der Waals surface area contributed by atoms with Crippen LogP contribution in [0.15, 0.2) is 30.7 Å². The molecule has 5 heteroatoms. The Labute approximate surface area is 184 Å². The van der Waals surface area contributed by atoms with Crippen LogP contribution in [0.1, 0.15) is 99.1 Å². The molecule has 166 valence electrons. The van der Waals surface area contributed by atoms with Gasteiger partial charge in [0, 0.05) is 18.4 Å². The molecule has 0 atom stereocenters. The van der Waals surface area contributed by atoms with Crippen LogP contribution in [0.3, 0.4) is 0 Å². The van der Waals surface area contributed by atoms with Crippen molar-refractivity contribution in [3.8, 4) is 0 Å². The first-order chi connectivity index (χ1) is 13.9. The molecule has 2 rings (SSSR count). The molecule has 0 saturated carbocycles. The number of nitrogens with zero attached hydrogens (tertiary/aromatic N) is 4. The SMILES string of the molecule is CC(C)n1cccn1.CCC[CH2][Sn]([CH2]CCC)([CH2]CCC)[c]1ccnn1C(C)C. The van der Waals surface area contributed by atoms with E-state index in [0.29, 0.717) is 12.1 Å². The normalized spacial score (nSPS) is 11.8. The molecule has 0 aliphatic rings. The molecule has 0 aliphatic heterocycles. The zero-order valence-electron chi connectivity index (χ0n) is 20.2. The summed E-state index contributed by atoms with van der Waals surface area (Å²) in [6.45, 7) is 15.8. The van der Waals surface area contributed by atoms with Gasteiger partial charge < -0.3 is 0 Å². The Bertz CT molecular complexity index is 609. The van der Waals surface area contributed by atoms with E-state index in [0.717, 1.165) is 0 Å². The summed E-state index contributed by atoms with van der Waals surface area (Å²) in [5.41, 5.74) is 0. The van der Waals surface area contributed by atoms with Crippen molar-refractivity contribution in [2.24, 2.45) is 0 Å². The van der Waals surface area contributed by atoms with Crippen LogP contribution in [-0.4, -0.2) is 37.9 Å². The van der Waals surface area contributed by atoms with Crippen LogP contribution in [0.2, 0.25) is 13.3 Å². The van der Waals surface area contributed by atoms with E-state index in [1.807, 2.05) is 16.9 Å². The van der Waals surface area contributed by atoms with Gasteiger partial charge in [-0.25, -0.2) is 0 Å². The average Bonchev–Trinajstić information content (AvgIpc) is 3.40. The van der Waals surface area contributed by atoms with Crippen LogP contribution in [0, 0.1) is 0 Å². The third-order valence-electron chi connectivity index (χ3n) is 5.78. The zero-order chi connectivity index (χ0) is 21.7. The summed E-state index contributed by atoms with van der Waals surface area (Å²) in [7, 11) is 0. The molecule has 0 fully saturated rings. The molecule has 4 nitrogen and oxygen atoms in total. The maximum atomic E-state index is 4.68. The maximum absolute atomic E-state index is 4.68. The molecule has 0 amide bonds. The second-order valence-electron chi connectivity index (χ2n) is 8.93. The minimum absolute atomic E-state index is 0.491. The molecule has 0 spiro atoms.